The van der Waals surface area contributed by atoms with Crippen molar-refractivity contribution in [3.05, 3.63) is 53.6 Å². The zero-order chi connectivity index (χ0) is 21.7. The SMILES string of the molecule is CCN1CCN(c2ccc(NC(=O)COc3ccc(C(F)(F)F)cc3)c(C)c2)CC1. The number of nitrogens with zero attached hydrogens (tertiary/aromatic N) is 2. The Hall–Kier alpha value is -2.74. The minimum absolute atomic E-state index is 0.205. The third-order valence-corrected chi connectivity index (χ3v) is 5.22. The Labute approximate surface area is 174 Å². The summed E-state index contributed by atoms with van der Waals surface area (Å²) < 4.78 is 43.0. The zero-order valence-corrected chi connectivity index (χ0v) is 17.1. The largest absolute Gasteiger partial charge is 0.484 e. The number of carbonyl (C=O) groups is 1. The second kappa shape index (κ2) is 9.38. The lowest BCUT2D eigenvalue weighted by molar-refractivity contribution is -0.137. The lowest BCUT2D eigenvalue weighted by atomic mass is 10.1. The average Bonchev–Trinajstić information content (AvgIpc) is 2.73. The van der Waals surface area contributed by atoms with Crippen LogP contribution in [0.4, 0.5) is 24.5 Å². The number of rotatable bonds is 6. The monoisotopic (exact) mass is 421 g/mol. The molecule has 2 aromatic carbocycles. The molecule has 1 aliphatic heterocycles. The number of amides is 1. The Kier molecular flexibility index (Phi) is 6.87. The van der Waals surface area contributed by atoms with Gasteiger partial charge in [-0.25, -0.2) is 0 Å². The minimum atomic E-state index is -4.40. The van der Waals surface area contributed by atoms with Crippen LogP contribution in [0.25, 0.3) is 0 Å². The van der Waals surface area contributed by atoms with Crippen LogP contribution in [0.3, 0.4) is 0 Å². The van der Waals surface area contributed by atoms with Crippen molar-refractivity contribution in [3.8, 4) is 5.75 Å². The van der Waals surface area contributed by atoms with Gasteiger partial charge < -0.3 is 19.9 Å². The number of carbonyl (C=O) groups excluding carboxylic acids is 1. The summed E-state index contributed by atoms with van der Waals surface area (Å²) in [6.45, 7) is 8.89. The van der Waals surface area contributed by atoms with E-state index >= 15 is 0 Å². The predicted molar refractivity (Wildman–Crippen MR) is 111 cm³/mol. The third kappa shape index (κ3) is 5.66. The van der Waals surface area contributed by atoms with Crippen molar-refractivity contribution in [3.63, 3.8) is 0 Å². The van der Waals surface area contributed by atoms with Crippen molar-refractivity contribution < 1.29 is 22.7 Å². The van der Waals surface area contributed by atoms with Gasteiger partial charge in [0.2, 0.25) is 0 Å². The van der Waals surface area contributed by atoms with Crippen LogP contribution in [0.1, 0.15) is 18.1 Å². The van der Waals surface area contributed by atoms with Gasteiger partial charge >= 0.3 is 6.18 Å². The van der Waals surface area contributed by atoms with Gasteiger partial charge in [-0.15, -0.1) is 0 Å². The van der Waals surface area contributed by atoms with E-state index in [9.17, 15) is 18.0 Å². The molecule has 1 fully saturated rings. The summed E-state index contributed by atoms with van der Waals surface area (Å²) in [5.41, 5.74) is 1.99. The van der Waals surface area contributed by atoms with Gasteiger partial charge in [0.25, 0.3) is 5.91 Å². The molecule has 1 saturated heterocycles. The van der Waals surface area contributed by atoms with Crippen LogP contribution in [-0.2, 0) is 11.0 Å². The summed E-state index contributed by atoms with van der Waals surface area (Å²) in [5, 5.41) is 2.79. The molecule has 3 rings (SSSR count). The number of halogens is 3. The molecule has 1 N–H and O–H groups in total. The first-order chi connectivity index (χ1) is 14.3. The highest BCUT2D eigenvalue weighted by Gasteiger charge is 2.30. The number of aryl methyl sites for hydroxylation is 1. The molecule has 0 aromatic heterocycles. The van der Waals surface area contributed by atoms with E-state index < -0.39 is 11.7 Å². The van der Waals surface area contributed by atoms with Gasteiger partial charge in [-0.2, -0.15) is 13.2 Å². The smallest absolute Gasteiger partial charge is 0.416 e. The first-order valence-electron chi connectivity index (χ1n) is 9.94. The van der Waals surface area contributed by atoms with Crippen LogP contribution >= 0.6 is 0 Å². The molecule has 1 aliphatic rings. The van der Waals surface area contributed by atoms with Crippen LogP contribution in [0.15, 0.2) is 42.5 Å². The summed E-state index contributed by atoms with van der Waals surface area (Å²) in [7, 11) is 0. The fraction of sp³-hybridized carbons (Fsp3) is 0.409. The van der Waals surface area contributed by atoms with Gasteiger partial charge in [0.15, 0.2) is 6.61 Å². The Morgan fingerprint density at radius 3 is 2.30 bits per heavy atom. The third-order valence-electron chi connectivity index (χ3n) is 5.22. The molecule has 0 unspecified atom stereocenters. The molecular weight excluding hydrogens is 395 g/mol. The fourth-order valence-corrected chi connectivity index (χ4v) is 3.38. The molecule has 0 bridgehead atoms. The van der Waals surface area contributed by atoms with Crippen LogP contribution in [-0.4, -0.2) is 50.1 Å². The van der Waals surface area contributed by atoms with E-state index in [-0.39, 0.29) is 18.3 Å². The van der Waals surface area contributed by atoms with E-state index in [1.165, 1.54) is 12.1 Å². The molecule has 0 spiro atoms. The molecular formula is C22H26F3N3O2. The Bertz CT molecular complexity index is 861. The summed E-state index contributed by atoms with van der Waals surface area (Å²) in [5.74, 6) is -0.168. The summed E-state index contributed by atoms with van der Waals surface area (Å²) in [4.78, 5) is 16.9. The first kappa shape index (κ1) is 22.0. The van der Waals surface area contributed by atoms with Gasteiger partial charge in [-0.1, -0.05) is 6.92 Å². The summed E-state index contributed by atoms with van der Waals surface area (Å²) in [6.07, 6.45) is -4.40. The van der Waals surface area contributed by atoms with E-state index in [0.29, 0.717) is 5.69 Å². The quantitative estimate of drug-likeness (QED) is 0.760. The Balaban J connectivity index is 1.53. The number of ether oxygens (including phenoxy) is 1. The summed E-state index contributed by atoms with van der Waals surface area (Å²) in [6, 6.07) is 10.2. The van der Waals surface area contributed by atoms with Crippen molar-refractivity contribution in [1.29, 1.82) is 0 Å². The Morgan fingerprint density at radius 1 is 1.07 bits per heavy atom. The predicted octanol–water partition coefficient (Wildman–Crippen LogP) is 4.17. The number of piperazine rings is 1. The van der Waals surface area contributed by atoms with Crippen molar-refractivity contribution in [2.75, 3.05) is 49.5 Å². The molecule has 30 heavy (non-hydrogen) atoms. The number of alkyl halides is 3. The van der Waals surface area contributed by atoms with Gasteiger partial charge in [-0.05, 0) is 61.5 Å². The maximum Gasteiger partial charge on any atom is 0.416 e. The van der Waals surface area contributed by atoms with E-state index in [0.717, 1.165) is 56.1 Å². The van der Waals surface area contributed by atoms with Gasteiger partial charge in [-0.3, -0.25) is 4.79 Å². The van der Waals surface area contributed by atoms with E-state index in [1.807, 2.05) is 25.1 Å². The highest BCUT2D eigenvalue weighted by molar-refractivity contribution is 5.92. The number of nitrogens with one attached hydrogen (secondary N) is 1. The number of hydrogen-bond donors (Lipinski definition) is 1. The lowest BCUT2D eigenvalue weighted by Crippen LogP contribution is -2.46. The fourth-order valence-electron chi connectivity index (χ4n) is 3.38. The molecule has 0 radical (unpaired) electrons. The Morgan fingerprint density at radius 2 is 1.73 bits per heavy atom. The van der Waals surface area contributed by atoms with Crippen LogP contribution in [0.5, 0.6) is 5.75 Å². The second-order valence-electron chi connectivity index (χ2n) is 7.28. The standard InChI is InChI=1S/C22H26F3N3O2/c1-3-27-10-12-28(13-11-27)18-6-9-20(16(2)14-18)26-21(29)15-30-19-7-4-17(5-8-19)22(23,24)25/h4-9,14H,3,10-13,15H2,1-2H3,(H,26,29). The van der Waals surface area contributed by atoms with E-state index in [2.05, 4.69) is 22.0 Å². The maximum absolute atomic E-state index is 12.6. The highest BCUT2D eigenvalue weighted by Crippen LogP contribution is 2.30. The van der Waals surface area contributed by atoms with Crippen molar-refractivity contribution in [1.82, 2.24) is 4.90 Å². The molecule has 1 amide bonds. The van der Waals surface area contributed by atoms with E-state index in [4.69, 9.17) is 4.74 Å². The normalized spacial score (nSPS) is 15.2. The van der Waals surface area contributed by atoms with Gasteiger partial charge in [0.05, 0.1) is 5.56 Å². The topological polar surface area (TPSA) is 44.8 Å². The number of hydrogen-bond acceptors (Lipinski definition) is 4. The lowest BCUT2D eigenvalue weighted by Gasteiger charge is -2.35. The number of likely N-dealkylation sites (N-methyl/N-ethyl adjacent to an activating group) is 1. The number of benzene rings is 2. The first-order valence-corrected chi connectivity index (χ1v) is 9.94. The van der Waals surface area contributed by atoms with E-state index in [1.54, 1.807) is 0 Å². The van der Waals surface area contributed by atoms with Gasteiger partial charge in [0.1, 0.15) is 5.75 Å². The van der Waals surface area contributed by atoms with Crippen LogP contribution in [0.2, 0.25) is 0 Å². The molecule has 1 heterocycles. The molecule has 0 aliphatic carbocycles. The van der Waals surface area contributed by atoms with Crippen molar-refractivity contribution in [2.45, 2.75) is 20.0 Å². The van der Waals surface area contributed by atoms with Crippen molar-refractivity contribution in [2.24, 2.45) is 0 Å². The summed E-state index contributed by atoms with van der Waals surface area (Å²) >= 11 is 0. The molecule has 162 valence electrons. The highest BCUT2D eigenvalue weighted by atomic mass is 19.4. The molecule has 2 aromatic rings. The minimum Gasteiger partial charge on any atom is -0.484 e. The average molecular weight is 421 g/mol. The molecule has 8 heteroatoms. The molecule has 0 atom stereocenters. The second-order valence-corrected chi connectivity index (χ2v) is 7.28. The molecule has 0 saturated carbocycles. The number of anilines is 2. The molecule has 5 nitrogen and oxygen atoms in total. The maximum atomic E-state index is 12.6. The van der Waals surface area contributed by atoms with Crippen molar-refractivity contribution >= 4 is 17.3 Å². The van der Waals surface area contributed by atoms with Gasteiger partial charge in [0, 0.05) is 37.6 Å². The van der Waals surface area contributed by atoms with Crippen LogP contribution in [0, 0.1) is 6.92 Å². The van der Waals surface area contributed by atoms with Crippen LogP contribution < -0.4 is 15.0 Å². The zero-order valence-electron chi connectivity index (χ0n) is 17.1.